The molecule has 6 rings (SSSR count). The van der Waals surface area contributed by atoms with Crippen LogP contribution in [0.4, 0.5) is 14.6 Å². The van der Waals surface area contributed by atoms with Crippen molar-refractivity contribution in [2.75, 3.05) is 31.1 Å². The van der Waals surface area contributed by atoms with Gasteiger partial charge in [-0.3, -0.25) is 9.59 Å². The molecule has 2 aliphatic heterocycles. The molecule has 0 bridgehead atoms. The quantitative estimate of drug-likeness (QED) is 0.292. The molecule has 2 aromatic carbocycles. The maximum atomic E-state index is 15.2. The van der Waals surface area contributed by atoms with Crippen molar-refractivity contribution in [3.8, 4) is 16.9 Å². The number of benzene rings is 2. The largest absolute Gasteiger partial charge is 0.485 e. The van der Waals surface area contributed by atoms with Crippen LogP contribution in [-0.4, -0.2) is 53.0 Å². The number of likely N-dealkylation sites (tertiary alicyclic amines) is 1. The summed E-state index contributed by atoms with van der Waals surface area (Å²) in [5.41, 5.74) is 4.06. The summed E-state index contributed by atoms with van der Waals surface area (Å²) in [6.45, 7) is 4.81. The topological polar surface area (TPSA) is 83.0 Å². The second kappa shape index (κ2) is 12.9. The number of rotatable bonds is 9. The first-order valence-corrected chi connectivity index (χ1v) is 15.7. The van der Waals surface area contributed by atoms with Crippen molar-refractivity contribution < 1.29 is 28.2 Å². The standard InChI is InChI=1S/C35H39F2N3O4/c1-22-16-26(24-7-14-40(15-8-24)33(41)17-23-2-3-23)4-5-28(22)21-44-34-30(19-29(36)20-31(34)37)27-6-11-38-32(18-27)39-12-9-25(10-13-39)35(42)43/h4-6,11,16,18-20,23-25H,2-3,7-10,12-15,17,21H2,1H3,(H,42,43). The number of hydrogen-bond acceptors (Lipinski definition) is 5. The molecule has 1 saturated carbocycles. The first kappa shape index (κ1) is 30.0. The van der Waals surface area contributed by atoms with Crippen LogP contribution in [0.3, 0.4) is 0 Å². The van der Waals surface area contributed by atoms with E-state index in [2.05, 4.69) is 17.1 Å². The lowest BCUT2D eigenvalue weighted by Gasteiger charge is -2.32. The Morgan fingerprint density at radius 2 is 1.70 bits per heavy atom. The van der Waals surface area contributed by atoms with Crippen molar-refractivity contribution in [2.24, 2.45) is 11.8 Å². The molecule has 1 amide bonds. The van der Waals surface area contributed by atoms with E-state index in [-0.39, 0.29) is 18.3 Å². The summed E-state index contributed by atoms with van der Waals surface area (Å²) in [6.07, 6.45) is 7.59. The summed E-state index contributed by atoms with van der Waals surface area (Å²) in [4.78, 5) is 32.3. The van der Waals surface area contributed by atoms with Gasteiger partial charge in [-0.2, -0.15) is 0 Å². The van der Waals surface area contributed by atoms with E-state index in [0.29, 0.717) is 67.0 Å². The van der Waals surface area contributed by atoms with E-state index in [1.54, 1.807) is 18.3 Å². The van der Waals surface area contributed by atoms with Crippen LogP contribution in [0.5, 0.6) is 5.75 Å². The second-order valence-corrected chi connectivity index (χ2v) is 12.5. The fraction of sp³-hybridized carbons (Fsp3) is 0.457. The summed E-state index contributed by atoms with van der Waals surface area (Å²) >= 11 is 0. The average molecular weight is 604 g/mol. The Labute approximate surface area is 256 Å². The molecule has 3 aliphatic rings. The first-order chi connectivity index (χ1) is 21.2. The minimum atomic E-state index is -0.786. The second-order valence-electron chi connectivity index (χ2n) is 12.5. The van der Waals surface area contributed by atoms with Crippen LogP contribution < -0.4 is 9.64 Å². The lowest BCUT2D eigenvalue weighted by atomic mass is 9.87. The Balaban J connectivity index is 1.13. The van der Waals surface area contributed by atoms with E-state index in [1.807, 2.05) is 22.8 Å². The molecule has 3 aromatic rings. The molecule has 7 nitrogen and oxygen atoms in total. The number of aromatic nitrogens is 1. The lowest BCUT2D eigenvalue weighted by molar-refractivity contribution is -0.142. The zero-order valence-corrected chi connectivity index (χ0v) is 25.1. The van der Waals surface area contributed by atoms with Crippen molar-refractivity contribution in [1.82, 2.24) is 9.88 Å². The first-order valence-electron chi connectivity index (χ1n) is 15.7. The molecule has 0 atom stereocenters. The molecule has 3 heterocycles. The maximum absolute atomic E-state index is 15.2. The van der Waals surface area contributed by atoms with E-state index in [4.69, 9.17) is 4.74 Å². The number of carbonyl (C=O) groups is 2. The summed E-state index contributed by atoms with van der Waals surface area (Å²) in [5, 5.41) is 9.31. The van der Waals surface area contributed by atoms with Crippen LogP contribution in [0.2, 0.25) is 0 Å². The third-order valence-corrected chi connectivity index (χ3v) is 9.45. The fourth-order valence-electron chi connectivity index (χ4n) is 6.48. The van der Waals surface area contributed by atoms with E-state index < -0.39 is 17.6 Å². The summed E-state index contributed by atoms with van der Waals surface area (Å²) in [5.74, 6) is -0.740. The minimum Gasteiger partial charge on any atom is -0.485 e. The van der Waals surface area contributed by atoms with Gasteiger partial charge in [-0.1, -0.05) is 18.2 Å². The molecule has 0 unspecified atom stereocenters. The highest BCUT2D eigenvalue weighted by molar-refractivity contribution is 5.77. The molecule has 3 fully saturated rings. The number of carboxylic acids is 1. The molecule has 2 saturated heterocycles. The number of hydrogen-bond donors (Lipinski definition) is 1. The molecular weight excluding hydrogens is 564 g/mol. The third kappa shape index (κ3) is 6.87. The Bertz CT molecular complexity index is 1530. The van der Waals surface area contributed by atoms with Gasteiger partial charge in [0.1, 0.15) is 18.2 Å². The van der Waals surface area contributed by atoms with Crippen molar-refractivity contribution in [1.29, 1.82) is 0 Å². The number of aryl methyl sites for hydroxylation is 1. The number of ether oxygens (including phenoxy) is 1. The van der Waals surface area contributed by atoms with Crippen LogP contribution in [-0.2, 0) is 16.2 Å². The number of nitrogens with zero attached hydrogens (tertiary/aromatic N) is 3. The zero-order valence-electron chi connectivity index (χ0n) is 25.1. The smallest absolute Gasteiger partial charge is 0.306 e. The predicted octanol–water partition coefficient (Wildman–Crippen LogP) is 6.72. The van der Waals surface area contributed by atoms with Gasteiger partial charge in [-0.15, -0.1) is 0 Å². The van der Waals surface area contributed by atoms with Crippen LogP contribution >= 0.6 is 0 Å². The normalized spacial score (nSPS) is 18.0. The van der Waals surface area contributed by atoms with Gasteiger partial charge in [0, 0.05) is 50.4 Å². The van der Waals surface area contributed by atoms with Crippen molar-refractivity contribution in [3.05, 3.63) is 77.0 Å². The fourth-order valence-corrected chi connectivity index (χ4v) is 6.48. The molecule has 0 spiro atoms. The Hall–Kier alpha value is -4.01. The minimum absolute atomic E-state index is 0.0279. The predicted molar refractivity (Wildman–Crippen MR) is 164 cm³/mol. The van der Waals surface area contributed by atoms with Crippen LogP contribution in [0.25, 0.3) is 11.1 Å². The molecule has 1 aliphatic carbocycles. The van der Waals surface area contributed by atoms with Crippen LogP contribution in [0.1, 0.15) is 67.6 Å². The number of amides is 1. The summed E-state index contributed by atoms with van der Waals surface area (Å²) in [6, 6.07) is 11.8. The monoisotopic (exact) mass is 603 g/mol. The Morgan fingerprint density at radius 1 is 0.955 bits per heavy atom. The number of anilines is 1. The van der Waals surface area contributed by atoms with Crippen LogP contribution in [0, 0.1) is 30.4 Å². The highest BCUT2D eigenvalue weighted by Crippen LogP contribution is 2.37. The van der Waals surface area contributed by atoms with Gasteiger partial charge < -0.3 is 19.6 Å². The summed E-state index contributed by atoms with van der Waals surface area (Å²) in [7, 11) is 0. The van der Waals surface area contributed by atoms with Gasteiger partial charge in [0.2, 0.25) is 5.91 Å². The Morgan fingerprint density at radius 3 is 2.39 bits per heavy atom. The number of halogens is 2. The van der Waals surface area contributed by atoms with Gasteiger partial charge in [0.05, 0.1) is 5.92 Å². The number of carboxylic acid groups (broad SMARTS) is 1. The Kier molecular flexibility index (Phi) is 8.82. The van der Waals surface area contributed by atoms with E-state index in [9.17, 15) is 19.1 Å². The highest BCUT2D eigenvalue weighted by Gasteiger charge is 2.30. The average Bonchev–Trinajstić information content (AvgIpc) is 3.85. The van der Waals surface area contributed by atoms with Crippen molar-refractivity contribution in [2.45, 2.75) is 64.4 Å². The van der Waals surface area contributed by atoms with Crippen LogP contribution in [0.15, 0.2) is 48.7 Å². The maximum Gasteiger partial charge on any atom is 0.306 e. The van der Waals surface area contributed by atoms with E-state index >= 15 is 4.39 Å². The van der Waals surface area contributed by atoms with Gasteiger partial charge in [0.15, 0.2) is 11.6 Å². The molecule has 1 aromatic heterocycles. The third-order valence-electron chi connectivity index (χ3n) is 9.45. The SMILES string of the molecule is Cc1cc(C2CCN(C(=O)CC3CC3)CC2)ccc1COc1c(F)cc(F)cc1-c1ccnc(N2CCC(C(=O)O)CC2)c1. The number of piperidine rings is 2. The zero-order chi connectivity index (χ0) is 30.8. The van der Waals surface area contributed by atoms with Gasteiger partial charge in [0.25, 0.3) is 0 Å². The number of pyridine rings is 1. The molecular formula is C35H39F2N3O4. The molecule has 232 valence electrons. The van der Waals surface area contributed by atoms with Gasteiger partial charge in [-0.05, 0) is 97.7 Å². The highest BCUT2D eigenvalue weighted by atomic mass is 19.1. The molecule has 44 heavy (non-hydrogen) atoms. The van der Waals surface area contributed by atoms with Crippen molar-refractivity contribution in [3.63, 3.8) is 0 Å². The molecule has 0 radical (unpaired) electrons. The van der Waals surface area contributed by atoms with E-state index in [1.165, 1.54) is 24.5 Å². The van der Waals surface area contributed by atoms with Crippen molar-refractivity contribution >= 4 is 17.7 Å². The molecule has 9 heteroatoms. The number of carbonyl (C=O) groups excluding carboxylic acids is 1. The molecule has 1 N–H and O–H groups in total. The number of aliphatic carboxylic acids is 1. The van der Waals surface area contributed by atoms with Gasteiger partial charge >= 0.3 is 5.97 Å². The van der Waals surface area contributed by atoms with E-state index in [0.717, 1.165) is 43.1 Å². The summed E-state index contributed by atoms with van der Waals surface area (Å²) < 4.78 is 35.7. The van der Waals surface area contributed by atoms with Gasteiger partial charge in [-0.25, -0.2) is 13.8 Å². The lowest BCUT2D eigenvalue weighted by Crippen LogP contribution is -2.38.